The highest BCUT2D eigenvalue weighted by Gasteiger charge is 2.30. The molecule has 0 spiro atoms. The zero-order chi connectivity index (χ0) is 16.8. The van der Waals surface area contributed by atoms with Crippen LogP contribution in [0.5, 0.6) is 0 Å². The van der Waals surface area contributed by atoms with Crippen molar-refractivity contribution < 1.29 is 4.79 Å². The third-order valence-electron chi connectivity index (χ3n) is 4.21. The highest BCUT2D eigenvalue weighted by Crippen LogP contribution is 2.34. The van der Waals surface area contributed by atoms with Crippen molar-refractivity contribution in [2.45, 2.75) is 12.8 Å². The van der Waals surface area contributed by atoms with E-state index in [9.17, 15) is 4.79 Å². The summed E-state index contributed by atoms with van der Waals surface area (Å²) in [7, 11) is 0. The minimum atomic E-state index is 0.0542. The molecule has 1 saturated carbocycles. The quantitative estimate of drug-likeness (QED) is 0.591. The fraction of sp³-hybridized carbons (Fsp3) is 0.176. The van der Waals surface area contributed by atoms with E-state index in [0.717, 1.165) is 34.6 Å². The van der Waals surface area contributed by atoms with Crippen LogP contribution in [0, 0.1) is 5.92 Å². The number of aromatic amines is 1. The average molecular weight is 350 g/mol. The van der Waals surface area contributed by atoms with Gasteiger partial charge >= 0.3 is 0 Å². The number of imidazole rings is 1. The molecule has 0 aliphatic heterocycles. The molecule has 1 aliphatic rings. The SMILES string of the molecule is O=C(Nc1nc2[nH]nc(-n3cncc3-c3ccccc3)c2s1)C1CC1. The lowest BCUT2D eigenvalue weighted by Crippen LogP contribution is -2.12. The summed E-state index contributed by atoms with van der Waals surface area (Å²) in [6, 6.07) is 10.0. The molecule has 0 radical (unpaired) electrons. The number of hydrogen-bond donors (Lipinski definition) is 2. The van der Waals surface area contributed by atoms with Gasteiger partial charge in [-0.1, -0.05) is 41.7 Å². The molecule has 7 nitrogen and oxygen atoms in total. The molecule has 2 N–H and O–H groups in total. The van der Waals surface area contributed by atoms with Crippen molar-refractivity contribution in [1.82, 2.24) is 24.7 Å². The zero-order valence-electron chi connectivity index (χ0n) is 13.1. The Morgan fingerprint density at radius 2 is 2.12 bits per heavy atom. The van der Waals surface area contributed by atoms with Crippen LogP contribution < -0.4 is 5.32 Å². The van der Waals surface area contributed by atoms with Crippen LogP contribution in [-0.2, 0) is 4.79 Å². The summed E-state index contributed by atoms with van der Waals surface area (Å²) in [5, 5.41) is 10.8. The van der Waals surface area contributed by atoms with E-state index >= 15 is 0 Å². The van der Waals surface area contributed by atoms with Gasteiger partial charge in [0.05, 0.1) is 11.9 Å². The number of rotatable bonds is 4. The van der Waals surface area contributed by atoms with Crippen LogP contribution in [0.1, 0.15) is 12.8 Å². The van der Waals surface area contributed by atoms with Crippen LogP contribution in [0.25, 0.3) is 27.4 Å². The van der Waals surface area contributed by atoms with Crippen molar-refractivity contribution >= 4 is 32.7 Å². The molecule has 0 bridgehead atoms. The molecule has 0 atom stereocenters. The minimum Gasteiger partial charge on any atom is -0.302 e. The molecule has 3 aromatic heterocycles. The molecular weight excluding hydrogens is 336 g/mol. The summed E-state index contributed by atoms with van der Waals surface area (Å²) in [6.45, 7) is 0. The number of carbonyl (C=O) groups is 1. The second-order valence-electron chi connectivity index (χ2n) is 6.02. The van der Waals surface area contributed by atoms with E-state index in [1.165, 1.54) is 11.3 Å². The maximum absolute atomic E-state index is 11.9. The predicted octanol–water partition coefficient (Wildman–Crippen LogP) is 3.22. The van der Waals surface area contributed by atoms with Crippen LogP contribution in [0.4, 0.5) is 5.13 Å². The molecule has 1 aromatic carbocycles. The standard InChI is InChI=1S/C17H14N6OS/c24-16(11-6-7-11)20-17-19-14-13(25-17)15(22-21-14)23-9-18-8-12(23)10-4-2-1-3-5-10/h1-5,8-9,11H,6-7H2,(H2,19,20,21,22,24). The van der Waals surface area contributed by atoms with E-state index in [1.54, 1.807) is 6.33 Å². The molecule has 0 saturated heterocycles. The number of hydrogen-bond acceptors (Lipinski definition) is 5. The Kier molecular flexibility index (Phi) is 3.17. The van der Waals surface area contributed by atoms with Gasteiger partial charge in [0, 0.05) is 11.5 Å². The van der Waals surface area contributed by atoms with Gasteiger partial charge in [-0.25, -0.2) is 9.97 Å². The van der Waals surface area contributed by atoms with Gasteiger partial charge in [0.25, 0.3) is 0 Å². The van der Waals surface area contributed by atoms with E-state index in [-0.39, 0.29) is 11.8 Å². The fourth-order valence-electron chi connectivity index (χ4n) is 2.76. The Bertz CT molecular complexity index is 1060. The second kappa shape index (κ2) is 5.52. The Balaban J connectivity index is 1.54. The highest BCUT2D eigenvalue weighted by atomic mass is 32.1. The Morgan fingerprint density at radius 1 is 1.28 bits per heavy atom. The number of carbonyl (C=O) groups excluding carboxylic acids is 1. The van der Waals surface area contributed by atoms with E-state index in [2.05, 4.69) is 25.5 Å². The van der Waals surface area contributed by atoms with Gasteiger partial charge in [-0.2, -0.15) is 5.10 Å². The Morgan fingerprint density at radius 3 is 2.92 bits per heavy atom. The van der Waals surface area contributed by atoms with Crippen molar-refractivity contribution in [1.29, 1.82) is 0 Å². The monoisotopic (exact) mass is 350 g/mol. The van der Waals surface area contributed by atoms with Gasteiger partial charge in [0.15, 0.2) is 16.6 Å². The van der Waals surface area contributed by atoms with Gasteiger partial charge in [0.1, 0.15) is 11.0 Å². The first-order valence-corrected chi connectivity index (χ1v) is 8.85. The summed E-state index contributed by atoms with van der Waals surface area (Å²) in [5.41, 5.74) is 2.67. The number of amides is 1. The lowest BCUT2D eigenvalue weighted by atomic mass is 10.2. The van der Waals surface area contributed by atoms with Crippen molar-refractivity contribution in [2.24, 2.45) is 5.92 Å². The number of nitrogens with one attached hydrogen (secondary N) is 2. The second-order valence-corrected chi connectivity index (χ2v) is 7.02. The molecule has 124 valence electrons. The summed E-state index contributed by atoms with van der Waals surface area (Å²) >= 11 is 1.42. The first-order valence-electron chi connectivity index (χ1n) is 8.03. The van der Waals surface area contributed by atoms with E-state index < -0.39 is 0 Å². The predicted molar refractivity (Wildman–Crippen MR) is 95.7 cm³/mol. The fourth-order valence-corrected chi connectivity index (χ4v) is 3.67. The Hall–Kier alpha value is -3.00. The summed E-state index contributed by atoms with van der Waals surface area (Å²) < 4.78 is 2.82. The number of nitrogens with zero attached hydrogens (tertiary/aromatic N) is 4. The van der Waals surface area contributed by atoms with Crippen molar-refractivity contribution in [3.63, 3.8) is 0 Å². The maximum Gasteiger partial charge on any atom is 0.229 e. The number of thiazole rings is 1. The molecule has 3 heterocycles. The van der Waals surface area contributed by atoms with Crippen molar-refractivity contribution in [3.05, 3.63) is 42.9 Å². The molecule has 25 heavy (non-hydrogen) atoms. The maximum atomic E-state index is 11.9. The first kappa shape index (κ1) is 14.4. The third kappa shape index (κ3) is 2.51. The molecule has 1 amide bonds. The van der Waals surface area contributed by atoms with Crippen LogP contribution >= 0.6 is 11.3 Å². The van der Waals surface area contributed by atoms with E-state index in [1.807, 2.05) is 41.1 Å². The number of benzene rings is 1. The van der Waals surface area contributed by atoms with Gasteiger partial charge in [0.2, 0.25) is 5.91 Å². The topological polar surface area (TPSA) is 88.5 Å². The number of aromatic nitrogens is 5. The Labute approximate surface area is 146 Å². The number of H-pyrrole nitrogens is 1. The van der Waals surface area contributed by atoms with Gasteiger partial charge in [-0.15, -0.1) is 0 Å². The lowest BCUT2D eigenvalue weighted by molar-refractivity contribution is -0.117. The molecule has 8 heteroatoms. The molecule has 1 fully saturated rings. The average Bonchev–Trinajstić information content (AvgIpc) is 3.06. The van der Waals surface area contributed by atoms with E-state index in [4.69, 9.17) is 0 Å². The van der Waals surface area contributed by atoms with Crippen molar-refractivity contribution in [3.8, 4) is 17.1 Å². The summed E-state index contributed by atoms with van der Waals surface area (Å²) in [6.07, 6.45) is 5.49. The van der Waals surface area contributed by atoms with Crippen LogP contribution in [0.3, 0.4) is 0 Å². The molecule has 0 unspecified atom stereocenters. The third-order valence-corrected chi connectivity index (χ3v) is 5.18. The van der Waals surface area contributed by atoms with Gasteiger partial charge in [-0.3, -0.25) is 14.5 Å². The number of fused-ring (bicyclic) bond motifs is 1. The van der Waals surface area contributed by atoms with Crippen LogP contribution in [0.2, 0.25) is 0 Å². The lowest BCUT2D eigenvalue weighted by Gasteiger charge is -2.04. The zero-order valence-corrected chi connectivity index (χ0v) is 14.0. The molecule has 5 rings (SSSR count). The molecule has 4 aromatic rings. The minimum absolute atomic E-state index is 0.0542. The first-order chi connectivity index (χ1) is 12.3. The highest BCUT2D eigenvalue weighted by molar-refractivity contribution is 7.22. The summed E-state index contributed by atoms with van der Waals surface area (Å²) in [4.78, 5) is 20.6. The van der Waals surface area contributed by atoms with Crippen LogP contribution in [-0.4, -0.2) is 30.6 Å². The normalized spacial score (nSPS) is 14.1. The molecular formula is C17H14N6OS. The molecule has 1 aliphatic carbocycles. The van der Waals surface area contributed by atoms with Gasteiger partial charge in [-0.05, 0) is 12.8 Å². The largest absolute Gasteiger partial charge is 0.302 e. The smallest absolute Gasteiger partial charge is 0.229 e. The van der Waals surface area contributed by atoms with E-state index in [0.29, 0.717) is 10.8 Å². The van der Waals surface area contributed by atoms with Crippen LogP contribution in [0.15, 0.2) is 42.9 Å². The number of anilines is 1. The van der Waals surface area contributed by atoms with Crippen molar-refractivity contribution in [2.75, 3.05) is 5.32 Å². The van der Waals surface area contributed by atoms with Gasteiger partial charge < -0.3 is 5.32 Å². The summed E-state index contributed by atoms with van der Waals surface area (Å²) in [5.74, 6) is 0.937.